The van der Waals surface area contributed by atoms with E-state index in [0.717, 1.165) is 12.3 Å². The Morgan fingerprint density at radius 1 is 1.38 bits per heavy atom. The van der Waals surface area contributed by atoms with E-state index < -0.39 is 16.0 Å². The van der Waals surface area contributed by atoms with E-state index >= 15 is 0 Å². The van der Waals surface area contributed by atoms with Crippen LogP contribution in [0.15, 0.2) is 35.5 Å². The van der Waals surface area contributed by atoms with Crippen molar-refractivity contribution < 1.29 is 18.3 Å². The van der Waals surface area contributed by atoms with E-state index in [4.69, 9.17) is 5.11 Å². The van der Waals surface area contributed by atoms with Gasteiger partial charge >= 0.3 is 5.97 Å². The molecule has 0 aliphatic heterocycles. The van der Waals surface area contributed by atoms with E-state index in [2.05, 4.69) is 14.7 Å². The average molecular weight is 310 g/mol. The summed E-state index contributed by atoms with van der Waals surface area (Å²) in [6.07, 6.45) is 2.51. The zero-order valence-corrected chi connectivity index (χ0v) is 12.2. The highest BCUT2D eigenvalue weighted by Crippen LogP contribution is 2.18. The van der Waals surface area contributed by atoms with Gasteiger partial charge in [-0.1, -0.05) is 0 Å². The molecule has 0 bridgehead atoms. The predicted octanol–water partition coefficient (Wildman–Crippen LogP) is 0.975. The van der Waals surface area contributed by atoms with Gasteiger partial charge in [0.05, 0.1) is 11.9 Å². The quantitative estimate of drug-likeness (QED) is 0.758. The molecule has 3 N–H and O–H groups in total. The van der Waals surface area contributed by atoms with Gasteiger partial charge in [0.25, 0.3) is 10.0 Å². The Labute approximate surface area is 121 Å². The van der Waals surface area contributed by atoms with Gasteiger partial charge in [-0.2, -0.15) is 0 Å². The number of aromatic nitrogens is 2. The molecule has 2 aromatic rings. The van der Waals surface area contributed by atoms with Gasteiger partial charge in [0.15, 0.2) is 0 Å². The maximum atomic E-state index is 12.1. The predicted molar refractivity (Wildman–Crippen MR) is 77.1 cm³/mol. The number of nitrogens with one attached hydrogen (secondary N) is 2. The average Bonchev–Trinajstić information content (AvgIpc) is 2.89. The molecular formula is C12H14N4O4S. The fraction of sp³-hybridized carbons (Fsp3) is 0.167. The molecule has 0 aliphatic rings. The number of sulfonamides is 1. The fourth-order valence-electron chi connectivity index (χ4n) is 1.58. The van der Waals surface area contributed by atoms with Gasteiger partial charge < -0.3 is 15.0 Å². The number of H-pyrrole nitrogens is 1. The van der Waals surface area contributed by atoms with Gasteiger partial charge in [-0.15, -0.1) is 0 Å². The summed E-state index contributed by atoms with van der Waals surface area (Å²) < 4.78 is 26.5. The summed E-state index contributed by atoms with van der Waals surface area (Å²) >= 11 is 0. The lowest BCUT2D eigenvalue weighted by molar-refractivity contribution is 0.0691. The van der Waals surface area contributed by atoms with E-state index in [9.17, 15) is 13.2 Å². The molecule has 0 aliphatic carbocycles. The van der Waals surface area contributed by atoms with Gasteiger partial charge in [-0.25, -0.2) is 18.2 Å². The van der Waals surface area contributed by atoms with E-state index in [1.807, 2.05) is 14.1 Å². The maximum absolute atomic E-state index is 12.1. The zero-order valence-electron chi connectivity index (χ0n) is 11.4. The first-order valence-electron chi connectivity index (χ1n) is 5.87. The topological polar surface area (TPSA) is 115 Å². The molecule has 0 unspecified atom stereocenters. The van der Waals surface area contributed by atoms with Crippen LogP contribution in [0.2, 0.25) is 0 Å². The Hall–Kier alpha value is -2.55. The molecule has 2 aromatic heterocycles. The summed E-state index contributed by atoms with van der Waals surface area (Å²) in [5, 5.41) is 8.78. The number of hydrogen-bond donors (Lipinski definition) is 3. The molecule has 0 atom stereocenters. The van der Waals surface area contributed by atoms with E-state index in [0.29, 0.717) is 11.5 Å². The summed E-state index contributed by atoms with van der Waals surface area (Å²) in [6.45, 7) is 0. The number of aromatic amines is 1. The maximum Gasteiger partial charge on any atom is 0.352 e. The summed E-state index contributed by atoms with van der Waals surface area (Å²) in [6, 6.07) is 4.29. The van der Waals surface area contributed by atoms with Crippen LogP contribution in [0.1, 0.15) is 10.5 Å². The normalized spacial score (nSPS) is 11.1. The molecular weight excluding hydrogens is 296 g/mol. The van der Waals surface area contributed by atoms with Crippen LogP contribution in [0.5, 0.6) is 0 Å². The summed E-state index contributed by atoms with van der Waals surface area (Å²) in [4.78, 5) is 18.8. The van der Waals surface area contributed by atoms with Crippen LogP contribution in [-0.4, -0.2) is 43.6 Å². The van der Waals surface area contributed by atoms with Gasteiger partial charge in [0, 0.05) is 20.3 Å². The molecule has 0 spiro atoms. The minimum atomic E-state index is -3.86. The molecule has 0 aromatic carbocycles. The monoisotopic (exact) mass is 310 g/mol. The number of rotatable bonds is 5. The van der Waals surface area contributed by atoms with Crippen LogP contribution in [0.3, 0.4) is 0 Å². The van der Waals surface area contributed by atoms with Crippen molar-refractivity contribution in [3.8, 4) is 0 Å². The van der Waals surface area contributed by atoms with Crippen molar-refractivity contribution in [2.24, 2.45) is 0 Å². The number of anilines is 2. The highest BCUT2D eigenvalue weighted by molar-refractivity contribution is 7.92. The zero-order chi connectivity index (χ0) is 15.6. The van der Waals surface area contributed by atoms with E-state index in [1.54, 1.807) is 17.0 Å². The third-order valence-electron chi connectivity index (χ3n) is 2.66. The largest absolute Gasteiger partial charge is 0.477 e. The van der Waals surface area contributed by atoms with Crippen LogP contribution < -0.4 is 9.62 Å². The van der Waals surface area contributed by atoms with Gasteiger partial charge in [0.1, 0.15) is 16.4 Å². The number of nitrogens with zero attached hydrogens (tertiary/aromatic N) is 2. The first-order valence-corrected chi connectivity index (χ1v) is 7.36. The molecule has 0 radical (unpaired) electrons. The SMILES string of the molecule is CN(C)c1ccc(NS(=O)(=O)c2c[nH]c(C(=O)O)c2)cn1. The van der Waals surface area contributed by atoms with Crippen molar-refractivity contribution in [3.63, 3.8) is 0 Å². The molecule has 21 heavy (non-hydrogen) atoms. The smallest absolute Gasteiger partial charge is 0.352 e. The highest BCUT2D eigenvalue weighted by atomic mass is 32.2. The second-order valence-electron chi connectivity index (χ2n) is 4.46. The van der Waals surface area contributed by atoms with Gasteiger partial charge in [-0.05, 0) is 18.2 Å². The molecule has 8 nitrogen and oxygen atoms in total. The van der Waals surface area contributed by atoms with Crippen molar-refractivity contribution in [3.05, 3.63) is 36.3 Å². The summed E-state index contributed by atoms with van der Waals surface area (Å²) in [5.41, 5.74) is 0.0927. The number of aromatic carboxylic acids is 1. The molecule has 9 heteroatoms. The van der Waals surface area contributed by atoms with Crippen molar-refractivity contribution in [1.29, 1.82) is 0 Å². The second-order valence-corrected chi connectivity index (χ2v) is 6.14. The lowest BCUT2D eigenvalue weighted by Crippen LogP contribution is -2.14. The first kappa shape index (κ1) is 14.9. The number of carboxylic acid groups (broad SMARTS) is 1. The van der Waals surface area contributed by atoms with Crippen molar-refractivity contribution in [1.82, 2.24) is 9.97 Å². The summed E-state index contributed by atoms with van der Waals surface area (Å²) in [5.74, 6) is -0.541. The molecule has 0 saturated carbocycles. The second kappa shape index (κ2) is 5.44. The minimum Gasteiger partial charge on any atom is -0.477 e. The van der Waals surface area contributed by atoms with Crippen molar-refractivity contribution >= 4 is 27.5 Å². The molecule has 112 valence electrons. The molecule has 0 saturated heterocycles. The number of hydrogen-bond acceptors (Lipinski definition) is 5. The number of carboxylic acids is 1. The Bertz CT molecular complexity index is 750. The standard InChI is InChI=1S/C12H14N4O4S/c1-16(2)11-4-3-8(6-14-11)15-21(19,20)9-5-10(12(17)18)13-7-9/h3-7,13,15H,1-2H3,(H,17,18). The van der Waals surface area contributed by atoms with E-state index in [-0.39, 0.29) is 10.6 Å². The van der Waals surface area contributed by atoms with Crippen molar-refractivity contribution in [2.75, 3.05) is 23.7 Å². The van der Waals surface area contributed by atoms with E-state index in [1.165, 1.54) is 6.20 Å². The summed E-state index contributed by atoms with van der Waals surface area (Å²) in [7, 11) is -0.220. The third kappa shape index (κ3) is 3.31. The van der Waals surface area contributed by atoms with Crippen LogP contribution in [0.25, 0.3) is 0 Å². The Morgan fingerprint density at radius 2 is 2.10 bits per heavy atom. The molecule has 0 amide bonds. The lowest BCUT2D eigenvalue weighted by Gasteiger charge is -2.12. The first-order chi connectivity index (χ1) is 9.79. The van der Waals surface area contributed by atoms with Crippen LogP contribution in [0.4, 0.5) is 11.5 Å². The Balaban J connectivity index is 2.22. The van der Waals surface area contributed by atoms with Gasteiger partial charge in [0.2, 0.25) is 0 Å². The Morgan fingerprint density at radius 3 is 2.57 bits per heavy atom. The third-order valence-corrected chi connectivity index (χ3v) is 4.02. The molecule has 0 fully saturated rings. The lowest BCUT2D eigenvalue weighted by atomic mass is 10.4. The Kier molecular flexibility index (Phi) is 3.85. The highest BCUT2D eigenvalue weighted by Gasteiger charge is 2.18. The number of carbonyl (C=O) groups is 1. The van der Waals surface area contributed by atoms with Crippen LogP contribution >= 0.6 is 0 Å². The van der Waals surface area contributed by atoms with Gasteiger partial charge in [-0.3, -0.25) is 4.72 Å². The molecule has 2 rings (SSSR count). The fourth-order valence-corrected chi connectivity index (χ4v) is 2.61. The minimum absolute atomic E-state index is 0.156. The van der Waals surface area contributed by atoms with Crippen LogP contribution in [0, 0.1) is 0 Å². The molecule has 2 heterocycles. The van der Waals surface area contributed by atoms with Crippen molar-refractivity contribution in [2.45, 2.75) is 4.90 Å². The van der Waals surface area contributed by atoms with Crippen LogP contribution in [-0.2, 0) is 10.0 Å². The number of pyridine rings is 1.